The van der Waals surface area contributed by atoms with Gasteiger partial charge in [0.05, 0.1) is 6.10 Å². The maximum absolute atomic E-state index is 10.1. The molecule has 4 aliphatic carbocycles. The molecular weight excluding hydrogens is 270 g/mol. The summed E-state index contributed by atoms with van der Waals surface area (Å²) >= 11 is 0. The van der Waals surface area contributed by atoms with Crippen molar-refractivity contribution in [2.75, 3.05) is 7.05 Å². The number of aliphatic hydroxyl groups excluding tert-OH is 1. The summed E-state index contributed by atoms with van der Waals surface area (Å²) in [6.07, 6.45) is 11.9. The SMILES string of the molecule is CN[C@H]1CC[C@@H]2[C@H]3CC[C@@H]4C[C@@H](O)CC[C@@]4(C)[C@H]3CC[C@]12C. The van der Waals surface area contributed by atoms with Crippen LogP contribution in [0.4, 0.5) is 0 Å². The zero-order valence-corrected chi connectivity index (χ0v) is 14.8. The second kappa shape index (κ2) is 5.21. The monoisotopic (exact) mass is 305 g/mol. The van der Waals surface area contributed by atoms with Gasteiger partial charge in [-0.1, -0.05) is 13.8 Å². The lowest BCUT2D eigenvalue weighted by Gasteiger charge is -2.61. The van der Waals surface area contributed by atoms with Gasteiger partial charge in [-0.3, -0.25) is 0 Å². The van der Waals surface area contributed by atoms with Gasteiger partial charge in [-0.25, -0.2) is 0 Å². The minimum atomic E-state index is -0.0105. The van der Waals surface area contributed by atoms with Crippen molar-refractivity contribution in [3.05, 3.63) is 0 Å². The normalized spacial score (nSPS) is 57.8. The van der Waals surface area contributed by atoms with Crippen LogP contribution in [-0.4, -0.2) is 24.3 Å². The van der Waals surface area contributed by atoms with E-state index in [1.165, 1.54) is 44.9 Å². The molecule has 0 spiro atoms. The minimum absolute atomic E-state index is 0.0105. The predicted octanol–water partition coefficient (Wildman–Crippen LogP) is 3.98. The van der Waals surface area contributed by atoms with Gasteiger partial charge in [-0.2, -0.15) is 0 Å². The highest BCUT2D eigenvalue weighted by Crippen LogP contribution is 2.66. The van der Waals surface area contributed by atoms with Crippen LogP contribution >= 0.6 is 0 Å². The number of aliphatic hydroxyl groups is 1. The molecule has 0 amide bonds. The first-order valence-corrected chi connectivity index (χ1v) is 9.84. The van der Waals surface area contributed by atoms with Crippen molar-refractivity contribution in [1.82, 2.24) is 5.32 Å². The van der Waals surface area contributed by atoms with Gasteiger partial charge in [0.1, 0.15) is 0 Å². The Hall–Kier alpha value is -0.0800. The molecule has 0 aromatic carbocycles. The molecule has 2 N–H and O–H groups in total. The molecule has 0 aromatic rings. The highest BCUT2D eigenvalue weighted by Gasteiger charge is 2.59. The van der Waals surface area contributed by atoms with Crippen LogP contribution in [0.2, 0.25) is 0 Å². The molecule has 126 valence electrons. The molecule has 0 saturated heterocycles. The standard InChI is InChI=1S/C20H35NO/c1-19-10-8-14(22)12-13(19)4-5-15-16-6-7-18(21-3)20(16,2)11-9-17(15)19/h13-18,21-22H,4-12H2,1-3H3/t13-,14+,15-,16-,17+,18+,19-,20+/m1/s1. The van der Waals surface area contributed by atoms with Crippen LogP contribution in [0.15, 0.2) is 0 Å². The van der Waals surface area contributed by atoms with E-state index in [0.717, 1.165) is 42.6 Å². The molecule has 0 bridgehead atoms. The fraction of sp³-hybridized carbons (Fsp3) is 1.00. The lowest BCUT2D eigenvalue weighted by molar-refractivity contribution is -0.123. The first kappa shape index (κ1) is 15.4. The van der Waals surface area contributed by atoms with Gasteiger partial charge in [0.25, 0.3) is 0 Å². The van der Waals surface area contributed by atoms with Crippen molar-refractivity contribution in [3.8, 4) is 0 Å². The summed E-state index contributed by atoms with van der Waals surface area (Å²) in [6, 6.07) is 0.747. The van der Waals surface area contributed by atoms with Gasteiger partial charge in [-0.05, 0) is 99.3 Å². The van der Waals surface area contributed by atoms with E-state index < -0.39 is 0 Å². The number of rotatable bonds is 1. The molecule has 8 atom stereocenters. The van der Waals surface area contributed by atoms with E-state index in [0.29, 0.717) is 10.8 Å². The lowest BCUT2D eigenvalue weighted by Crippen LogP contribution is -2.55. The van der Waals surface area contributed by atoms with Crippen molar-refractivity contribution >= 4 is 0 Å². The Morgan fingerprint density at radius 3 is 2.36 bits per heavy atom. The Labute approximate surface area is 136 Å². The maximum atomic E-state index is 10.1. The Kier molecular flexibility index (Phi) is 3.66. The molecule has 0 aromatic heterocycles. The molecule has 22 heavy (non-hydrogen) atoms. The van der Waals surface area contributed by atoms with E-state index in [9.17, 15) is 5.11 Å². The van der Waals surface area contributed by atoms with E-state index in [4.69, 9.17) is 0 Å². The van der Waals surface area contributed by atoms with Gasteiger partial charge in [0, 0.05) is 6.04 Å². The third-order valence-electron chi connectivity index (χ3n) is 8.99. The van der Waals surface area contributed by atoms with E-state index in [1.807, 2.05) is 0 Å². The summed E-state index contributed by atoms with van der Waals surface area (Å²) in [5.41, 5.74) is 1.08. The summed E-state index contributed by atoms with van der Waals surface area (Å²) in [6.45, 7) is 5.18. The van der Waals surface area contributed by atoms with Crippen LogP contribution in [0.3, 0.4) is 0 Å². The number of hydrogen-bond acceptors (Lipinski definition) is 2. The Balaban J connectivity index is 1.61. The largest absolute Gasteiger partial charge is 0.393 e. The second-order valence-corrected chi connectivity index (χ2v) is 9.55. The van der Waals surface area contributed by atoms with Crippen molar-refractivity contribution in [2.24, 2.45) is 34.5 Å². The Bertz CT molecular complexity index is 437. The molecule has 4 aliphatic rings. The van der Waals surface area contributed by atoms with Crippen molar-refractivity contribution in [2.45, 2.75) is 83.8 Å². The van der Waals surface area contributed by atoms with Gasteiger partial charge < -0.3 is 10.4 Å². The van der Waals surface area contributed by atoms with Crippen LogP contribution in [0, 0.1) is 34.5 Å². The highest BCUT2D eigenvalue weighted by atomic mass is 16.3. The predicted molar refractivity (Wildman–Crippen MR) is 90.6 cm³/mol. The van der Waals surface area contributed by atoms with Crippen molar-refractivity contribution in [3.63, 3.8) is 0 Å². The maximum Gasteiger partial charge on any atom is 0.0543 e. The number of fused-ring (bicyclic) bond motifs is 5. The molecule has 0 radical (unpaired) electrons. The van der Waals surface area contributed by atoms with E-state index in [1.54, 1.807) is 0 Å². The first-order chi connectivity index (χ1) is 10.5. The van der Waals surface area contributed by atoms with Crippen LogP contribution in [-0.2, 0) is 0 Å². The molecule has 4 rings (SSSR count). The van der Waals surface area contributed by atoms with E-state index in [2.05, 4.69) is 26.2 Å². The fourth-order valence-corrected chi connectivity index (χ4v) is 7.71. The second-order valence-electron chi connectivity index (χ2n) is 9.55. The zero-order chi connectivity index (χ0) is 15.5. The number of nitrogens with one attached hydrogen (secondary N) is 1. The van der Waals surface area contributed by atoms with Gasteiger partial charge in [0.2, 0.25) is 0 Å². The van der Waals surface area contributed by atoms with Gasteiger partial charge in [-0.15, -0.1) is 0 Å². The zero-order valence-electron chi connectivity index (χ0n) is 14.8. The average Bonchev–Trinajstić information content (AvgIpc) is 2.84. The summed E-state index contributed by atoms with van der Waals surface area (Å²) in [4.78, 5) is 0. The molecule has 0 aliphatic heterocycles. The molecule has 2 nitrogen and oxygen atoms in total. The average molecular weight is 306 g/mol. The molecule has 2 heteroatoms. The van der Waals surface area contributed by atoms with Crippen LogP contribution in [0.25, 0.3) is 0 Å². The third kappa shape index (κ3) is 1.99. The van der Waals surface area contributed by atoms with Crippen LogP contribution < -0.4 is 5.32 Å². The first-order valence-electron chi connectivity index (χ1n) is 9.84. The van der Waals surface area contributed by atoms with E-state index >= 15 is 0 Å². The van der Waals surface area contributed by atoms with Crippen molar-refractivity contribution in [1.29, 1.82) is 0 Å². The van der Waals surface area contributed by atoms with E-state index in [-0.39, 0.29) is 6.10 Å². The molecule has 4 fully saturated rings. The molecule has 0 heterocycles. The van der Waals surface area contributed by atoms with Gasteiger partial charge >= 0.3 is 0 Å². The summed E-state index contributed by atoms with van der Waals surface area (Å²) in [5, 5.41) is 13.7. The quantitative estimate of drug-likeness (QED) is 0.768. The molecule has 0 unspecified atom stereocenters. The Morgan fingerprint density at radius 2 is 1.59 bits per heavy atom. The summed E-state index contributed by atoms with van der Waals surface area (Å²) in [7, 11) is 2.17. The Morgan fingerprint density at radius 1 is 0.864 bits per heavy atom. The molecule has 4 saturated carbocycles. The molecular formula is C20H35NO. The third-order valence-corrected chi connectivity index (χ3v) is 8.99. The smallest absolute Gasteiger partial charge is 0.0543 e. The topological polar surface area (TPSA) is 32.3 Å². The highest BCUT2D eigenvalue weighted by molar-refractivity contribution is 5.10. The fourth-order valence-electron chi connectivity index (χ4n) is 7.71. The minimum Gasteiger partial charge on any atom is -0.393 e. The van der Waals surface area contributed by atoms with Crippen LogP contribution in [0.5, 0.6) is 0 Å². The number of hydrogen-bond donors (Lipinski definition) is 2. The van der Waals surface area contributed by atoms with Gasteiger partial charge in [0.15, 0.2) is 0 Å². The van der Waals surface area contributed by atoms with Crippen molar-refractivity contribution < 1.29 is 5.11 Å². The summed E-state index contributed by atoms with van der Waals surface area (Å²) < 4.78 is 0. The summed E-state index contributed by atoms with van der Waals surface area (Å²) in [5.74, 6) is 3.65. The van der Waals surface area contributed by atoms with Crippen LogP contribution in [0.1, 0.15) is 71.6 Å². The lowest BCUT2D eigenvalue weighted by atomic mass is 9.45.